The third-order valence-electron chi connectivity index (χ3n) is 8.34. The zero-order valence-electron chi connectivity index (χ0n) is 14.6. The molecule has 0 aliphatic heterocycles. The lowest BCUT2D eigenvalue weighted by Crippen LogP contribution is -2.53. The van der Waals surface area contributed by atoms with Crippen LogP contribution in [-0.4, -0.2) is 16.5 Å². The molecule has 4 aliphatic rings. The number of carbonyl (C=O) groups is 1. The van der Waals surface area contributed by atoms with Gasteiger partial charge in [-0.15, -0.1) is 6.42 Å². The molecule has 4 aliphatic carbocycles. The van der Waals surface area contributed by atoms with E-state index in [0.717, 1.165) is 56.3 Å². The van der Waals surface area contributed by atoms with Gasteiger partial charge in [0, 0.05) is 11.8 Å². The Kier molecular flexibility index (Phi) is 3.48. The Bertz CT molecular complexity index is 561. The van der Waals surface area contributed by atoms with E-state index in [1.165, 1.54) is 12.8 Å². The largest absolute Gasteiger partial charge is 0.378 e. The first kappa shape index (κ1) is 15.7. The maximum atomic E-state index is 12.5. The quantitative estimate of drug-likeness (QED) is 0.690. The molecule has 0 bridgehead atoms. The first-order valence-electron chi connectivity index (χ1n) is 9.61. The summed E-state index contributed by atoms with van der Waals surface area (Å²) < 4.78 is 0. The van der Waals surface area contributed by atoms with E-state index in [1.54, 1.807) is 0 Å². The maximum Gasteiger partial charge on any atom is 0.139 e. The van der Waals surface area contributed by atoms with E-state index < -0.39 is 5.60 Å². The Morgan fingerprint density at radius 2 is 1.96 bits per heavy atom. The SMILES string of the molecule is C#C[C@]1(O)CC[C@@H]2C3CC[C@]4(C)C(=O)CCC4[C@@H]3[C@H](C)C[C@@H]2C1. The predicted octanol–water partition coefficient (Wildman–Crippen LogP) is 3.82. The molecule has 23 heavy (non-hydrogen) atoms. The molecule has 1 N–H and O–H groups in total. The second-order valence-corrected chi connectivity index (χ2v) is 9.32. The van der Waals surface area contributed by atoms with E-state index in [4.69, 9.17) is 6.42 Å². The van der Waals surface area contributed by atoms with Gasteiger partial charge in [0.1, 0.15) is 11.4 Å². The van der Waals surface area contributed by atoms with Crippen molar-refractivity contribution in [1.82, 2.24) is 0 Å². The molecule has 0 spiro atoms. The fourth-order valence-electron chi connectivity index (χ4n) is 7.23. The molecule has 4 rings (SSSR count). The van der Waals surface area contributed by atoms with Gasteiger partial charge >= 0.3 is 0 Å². The monoisotopic (exact) mass is 314 g/mol. The minimum atomic E-state index is -0.861. The molecule has 0 aromatic rings. The molecule has 4 fully saturated rings. The fourth-order valence-corrected chi connectivity index (χ4v) is 7.23. The predicted molar refractivity (Wildman–Crippen MR) is 90.4 cm³/mol. The number of ketones is 1. The highest BCUT2D eigenvalue weighted by Crippen LogP contribution is 2.63. The van der Waals surface area contributed by atoms with Crippen LogP contribution in [0.5, 0.6) is 0 Å². The standard InChI is InChI=1S/C21H30O2/c1-4-21(23)10-8-15-14(12-21)11-13(2)19-16(15)7-9-20(3)17(19)5-6-18(20)22/h1,13-17,19,23H,5-12H2,2-3H3/t13-,14-,15+,16?,17?,19-,20+,21+/m1/s1. The molecule has 0 saturated heterocycles. The average Bonchev–Trinajstić information content (AvgIpc) is 2.82. The molecule has 0 amide bonds. The Morgan fingerprint density at radius 3 is 2.70 bits per heavy atom. The third kappa shape index (κ3) is 2.15. The van der Waals surface area contributed by atoms with Crippen LogP contribution in [-0.2, 0) is 4.79 Å². The average molecular weight is 314 g/mol. The molecule has 0 aromatic heterocycles. The molecule has 126 valence electrons. The summed E-state index contributed by atoms with van der Waals surface area (Å²) in [6.07, 6.45) is 13.7. The first-order chi connectivity index (χ1) is 10.9. The number of terminal acetylenes is 1. The summed E-state index contributed by atoms with van der Waals surface area (Å²) in [5.41, 5.74) is -0.892. The molecule has 4 saturated carbocycles. The van der Waals surface area contributed by atoms with Crippen LogP contribution in [0.3, 0.4) is 0 Å². The number of Topliss-reactive ketones (excluding diaryl/α,β-unsaturated/α-hetero) is 1. The van der Waals surface area contributed by atoms with Crippen molar-refractivity contribution in [2.45, 2.75) is 70.8 Å². The van der Waals surface area contributed by atoms with Gasteiger partial charge in [-0.05, 0) is 80.5 Å². The van der Waals surface area contributed by atoms with Crippen LogP contribution >= 0.6 is 0 Å². The summed E-state index contributed by atoms with van der Waals surface area (Å²) in [5.74, 6) is 7.25. The summed E-state index contributed by atoms with van der Waals surface area (Å²) >= 11 is 0. The minimum Gasteiger partial charge on any atom is -0.378 e. The summed E-state index contributed by atoms with van der Waals surface area (Å²) in [5, 5.41) is 10.5. The number of aliphatic hydroxyl groups is 1. The van der Waals surface area contributed by atoms with E-state index in [9.17, 15) is 9.90 Å². The minimum absolute atomic E-state index is 0.0313. The Balaban J connectivity index is 1.61. The Morgan fingerprint density at radius 1 is 1.22 bits per heavy atom. The van der Waals surface area contributed by atoms with E-state index in [2.05, 4.69) is 19.8 Å². The highest BCUT2D eigenvalue weighted by molar-refractivity contribution is 5.87. The van der Waals surface area contributed by atoms with Gasteiger partial charge in [-0.3, -0.25) is 4.79 Å². The molecule has 0 heterocycles. The summed E-state index contributed by atoms with van der Waals surface area (Å²) in [4.78, 5) is 12.5. The van der Waals surface area contributed by atoms with E-state index in [1.807, 2.05) is 0 Å². The number of rotatable bonds is 0. The lowest BCUT2D eigenvalue weighted by Gasteiger charge is -2.57. The second-order valence-electron chi connectivity index (χ2n) is 9.32. The van der Waals surface area contributed by atoms with Crippen molar-refractivity contribution in [3.8, 4) is 12.3 Å². The van der Waals surface area contributed by atoms with Crippen LogP contribution in [0.4, 0.5) is 0 Å². The van der Waals surface area contributed by atoms with Gasteiger partial charge in [0.2, 0.25) is 0 Å². The van der Waals surface area contributed by atoms with Crippen molar-refractivity contribution in [2.24, 2.45) is 40.9 Å². The highest BCUT2D eigenvalue weighted by Gasteiger charge is 2.59. The molecule has 2 nitrogen and oxygen atoms in total. The zero-order chi connectivity index (χ0) is 16.4. The van der Waals surface area contributed by atoms with Crippen LogP contribution in [0.1, 0.15) is 65.2 Å². The molecular weight excluding hydrogens is 284 g/mol. The zero-order valence-corrected chi connectivity index (χ0v) is 14.6. The lowest BCUT2D eigenvalue weighted by molar-refractivity contribution is -0.138. The van der Waals surface area contributed by atoms with Gasteiger partial charge in [0.25, 0.3) is 0 Å². The van der Waals surface area contributed by atoms with Crippen LogP contribution in [0.2, 0.25) is 0 Å². The Hall–Kier alpha value is -0.810. The van der Waals surface area contributed by atoms with Crippen molar-refractivity contribution in [3.05, 3.63) is 0 Å². The third-order valence-corrected chi connectivity index (χ3v) is 8.34. The fraction of sp³-hybridized carbons (Fsp3) is 0.857. The van der Waals surface area contributed by atoms with Gasteiger partial charge in [-0.2, -0.15) is 0 Å². The van der Waals surface area contributed by atoms with Gasteiger partial charge in [0.05, 0.1) is 0 Å². The topological polar surface area (TPSA) is 37.3 Å². The maximum absolute atomic E-state index is 12.5. The van der Waals surface area contributed by atoms with Gasteiger partial charge in [-0.25, -0.2) is 0 Å². The highest BCUT2D eigenvalue weighted by atomic mass is 16.3. The molecule has 0 radical (unpaired) electrons. The number of fused-ring (bicyclic) bond motifs is 5. The first-order valence-corrected chi connectivity index (χ1v) is 9.61. The second kappa shape index (κ2) is 5.09. The summed E-state index contributed by atoms with van der Waals surface area (Å²) in [6, 6.07) is 0. The van der Waals surface area contributed by atoms with Crippen LogP contribution in [0.25, 0.3) is 0 Å². The normalized spacial score (nSPS) is 55.5. The lowest BCUT2D eigenvalue weighted by atomic mass is 9.47. The van der Waals surface area contributed by atoms with Crippen molar-refractivity contribution in [3.63, 3.8) is 0 Å². The molecule has 0 aromatic carbocycles. The van der Waals surface area contributed by atoms with Crippen molar-refractivity contribution >= 4 is 5.78 Å². The van der Waals surface area contributed by atoms with E-state index >= 15 is 0 Å². The van der Waals surface area contributed by atoms with E-state index in [0.29, 0.717) is 23.5 Å². The van der Waals surface area contributed by atoms with Crippen LogP contribution in [0, 0.1) is 53.3 Å². The van der Waals surface area contributed by atoms with Crippen molar-refractivity contribution in [2.75, 3.05) is 0 Å². The van der Waals surface area contributed by atoms with E-state index in [-0.39, 0.29) is 5.41 Å². The number of hydrogen-bond donors (Lipinski definition) is 1. The van der Waals surface area contributed by atoms with Gasteiger partial charge < -0.3 is 5.11 Å². The number of hydrogen-bond acceptors (Lipinski definition) is 2. The van der Waals surface area contributed by atoms with Crippen LogP contribution in [0.15, 0.2) is 0 Å². The van der Waals surface area contributed by atoms with Gasteiger partial charge in [0.15, 0.2) is 0 Å². The van der Waals surface area contributed by atoms with Crippen molar-refractivity contribution in [1.29, 1.82) is 0 Å². The molecule has 2 heteroatoms. The smallest absolute Gasteiger partial charge is 0.139 e. The Labute approximate surface area is 140 Å². The van der Waals surface area contributed by atoms with Crippen LogP contribution < -0.4 is 0 Å². The summed E-state index contributed by atoms with van der Waals surface area (Å²) in [6.45, 7) is 4.64. The number of carbonyl (C=O) groups excluding carboxylic acids is 1. The molecule has 2 unspecified atom stereocenters. The molecule has 8 atom stereocenters. The summed E-state index contributed by atoms with van der Waals surface area (Å²) in [7, 11) is 0. The molecular formula is C21H30O2. The van der Waals surface area contributed by atoms with Crippen molar-refractivity contribution < 1.29 is 9.90 Å². The van der Waals surface area contributed by atoms with Gasteiger partial charge in [-0.1, -0.05) is 19.8 Å².